The number of methoxy groups -OCH3 is 1. The summed E-state index contributed by atoms with van der Waals surface area (Å²) in [6, 6.07) is 0. The van der Waals surface area contributed by atoms with E-state index in [1.165, 1.54) is 12.8 Å². The van der Waals surface area contributed by atoms with Crippen LogP contribution in [0.15, 0.2) is 12.2 Å². The number of ether oxygens (including phenoxy) is 3. The number of hydrogen-bond acceptors (Lipinski definition) is 4. The topological polar surface area (TPSA) is 44.8 Å². The Morgan fingerprint density at radius 3 is 2.52 bits per heavy atom. The Labute approximate surface area is 141 Å². The fourth-order valence-corrected chi connectivity index (χ4v) is 3.47. The average Bonchev–Trinajstić information content (AvgIpc) is 2.49. The molecule has 0 unspecified atom stereocenters. The fraction of sp³-hybridized carbons (Fsp3) is 0.842. The van der Waals surface area contributed by atoms with Crippen LogP contribution in [-0.2, 0) is 19.0 Å². The van der Waals surface area contributed by atoms with E-state index >= 15 is 0 Å². The molecule has 0 aromatic rings. The third-order valence-electron chi connectivity index (χ3n) is 4.47. The van der Waals surface area contributed by atoms with Gasteiger partial charge in [-0.2, -0.15) is 0 Å². The van der Waals surface area contributed by atoms with E-state index < -0.39 is 0 Å². The zero-order valence-electron chi connectivity index (χ0n) is 15.5. The van der Waals surface area contributed by atoms with Crippen LogP contribution in [-0.4, -0.2) is 39.0 Å². The number of carbonyl (C=O) groups excluding carboxylic acids is 1. The van der Waals surface area contributed by atoms with Gasteiger partial charge in [0.2, 0.25) is 0 Å². The van der Waals surface area contributed by atoms with E-state index in [0.29, 0.717) is 31.7 Å². The van der Waals surface area contributed by atoms with Crippen LogP contribution in [0.25, 0.3) is 0 Å². The van der Waals surface area contributed by atoms with Crippen molar-refractivity contribution >= 4 is 5.97 Å². The van der Waals surface area contributed by atoms with Gasteiger partial charge in [0.15, 0.2) is 0 Å². The SMILES string of the molecule is CCOC(=O)/C=C/[C@H]1CCCC[C@@H]1[C@@H](OCCOC)C(C)(C)C. The largest absolute Gasteiger partial charge is 0.463 e. The first-order valence-corrected chi connectivity index (χ1v) is 8.85. The van der Waals surface area contributed by atoms with Crippen molar-refractivity contribution in [1.29, 1.82) is 0 Å². The van der Waals surface area contributed by atoms with Crippen molar-refractivity contribution in [1.82, 2.24) is 0 Å². The Kier molecular flexibility index (Phi) is 8.85. The minimum absolute atomic E-state index is 0.0613. The molecule has 4 nitrogen and oxygen atoms in total. The molecule has 3 atom stereocenters. The normalized spacial score (nSPS) is 23.9. The van der Waals surface area contributed by atoms with Crippen LogP contribution in [0.2, 0.25) is 0 Å². The first-order chi connectivity index (χ1) is 10.9. The van der Waals surface area contributed by atoms with E-state index in [-0.39, 0.29) is 17.5 Å². The Morgan fingerprint density at radius 1 is 1.22 bits per heavy atom. The highest BCUT2D eigenvalue weighted by Crippen LogP contribution is 2.40. The van der Waals surface area contributed by atoms with Gasteiger partial charge in [0, 0.05) is 13.2 Å². The van der Waals surface area contributed by atoms with Crippen molar-refractivity contribution in [2.75, 3.05) is 26.9 Å². The minimum atomic E-state index is -0.246. The molecule has 0 aromatic heterocycles. The summed E-state index contributed by atoms with van der Waals surface area (Å²) in [4.78, 5) is 11.6. The summed E-state index contributed by atoms with van der Waals surface area (Å²) in [6.45, 7) is 10.2. The molecule has 0 heterocycles. The van der Waals surface area contributed by atoms with E-state index in [4.69, 9.17) is 14.2 Å². The standard InChI is InChI=1S/C19H34O4/c1-6-22-17(20)12-11-15-9-7-8-10-16(15)18(19(2,3)4)23-14-13-21-5/h11-12,15-16,18H,6-10,13-14H2,1-5H3/b12-11+/t15-,16+,18-/m1/s1. The number of carbonyl (C=O) groups is 1. The molecular weight excluding hydrogens is 292 g/mol. The summed E-state index contributed by atoms with van der Waals surface area (Å²) in [6.07, 6.45) is 8.50. The molecule has 1 fully saturated rings. The van der Waals surface area contributed by atoms with Gasteiger partial charge in [0.25, 0.3) is 0 Å². The van der Waals surface area contributed by atoms with Gasteiger partial charge in [-0.15, -0.1) is 0 Å². The third kappa shape index (κ3) is 7.05. The van der Waals surface area contributed by atoms with Gasteiger partial charge in [-0.1, -0.05) is 39.7 Å². The smallest absolute Gasteiger partial charge is 0.330 e. The minimum Gasteiger partial charge on any atom is -0.463 e. The van der Waals surface area contributed by atoms with Gasteiger partial charge in [-0.05, 0) is 37.0 Å². The van der Waals surface area contributed by atoms with Crippen molar-refractivity contribution in [3.8, 4) is 0 Å². The van der Waals surface area contributed by atoms with Crippen LogP contribution in [0.4, 0.5) is 0 Å². The molecule has 1 aliphatic rings. The van der Waals surface area contributed by atoms with Crippen LogP contribution in [0.3, 0.4) is 0 Å². The summed E-state index contributed by atoms with van der Waals surface area (Å²) in [5, 5.41) is 0. The number of allylic oxidation sites excluding steroid dienone is 1. The maximum absolute atomic E-state index is 11.6. The van der Waals surface area contributed by atoms with E-state index in [2.05, 4.69) is 20.8 Å². The highest BCUT2D eigenvalue weighted by molar-refractivity contribution is 5.81. The molecule has 0 aromatic carbocycles. The Balaban J connectivity index is 2.80. The molecule has 1 rings (SSSR count). The lowest BCUT2D eigenvalue weighted by molar-refractivity contribution is -0.137. The molecular formula is C19H34O4. The molecule has 4 heteroatoms. The molecule has 0 saturated heterocycles. The lowest BCUT2D eigenvalue weighted by Gasteiger charge is -2.42. The molecule has 1 saturated carbocycles. The predicted molar refractivity (Wildman–Crippen MR) is 92.3 cm³/mol. The van der Waals surface area contributed by atoms with Crippen molar-refractivity contribution in [3.63, 3.8) is 0 Å². The van der Waals surface area contributed by atoms with Gasteiger partial charge in [-0.3, -0.25) is 0 Å². The molecule has 0 aliphatic heterocycles. The van der Waals surface area contributed by atoms with Crippen LogP contribution >= 0.6 is 0 Å². The van der Waals surface area contributed by atoms with Gasteiger partial charge >= 0.3 is 5.97 Å². The second-order valence-electron chi connectivity index (χ2n) is 7.37. The van der Waals surface area contributed by atoms with Crippen LogP contribution in [0, 0.1) is 17.3 Å². The summed E-state index contributed by atoms with van der Waals surface area (Å²) >= 11 is 0. The molecule has 0 bridgehead atoms. The molecule has 0 spiro atoms. The molecule has 0 N–H and O–H groups in total. The number of hydrogen-bond donors (Lipinski definition) is 0. The zero-order chi connectivity index (χ0) is 17.3. The van der Waals surface area contributed by atoms with E-state index in [0.717, 1.165) is 12.8 Å². The summed E-state index contributed by atoms with van der Waals surface area (Å²) in [5.74, 6) is 0.565. The maximum atomic E-state index is 11.6. The van der Waals surface area contributed by atoms with Gasteiger partial charge < -0.3 is 14.2 Å². The quantitative estimate of drug-likeness (QED) is 0.384. The maximum Gasteiger partial charge on any atom is 0.330 e. The lowest BCUT2D eigenvalue weighted by atomic mass is 9.69. The van der Waals surface area contributed by atoms with Gasteiger partial charge in [0.1, 0.15) is 0 Å². The highest BCUT2D eigenvalue weighted by atomic mass is 16.5. The van der Waals surface area contributed by atoms with Gasteiger partial charge in [0.05, 0.1) is 25.9 Å². The van der Waals surface area contributed by atoms with Crippen LogP contribution in [0.1, 0.15) is 53.4 Å². The summed E-state index contributed by atoms with van der Waals surface area (Å²) in [5.41, 5.74) is 0.0613. The first-order valence-electron chi connectivity index (χ1n) is 8.85. The summed E-state index contributed by atoms with van der Waals surface area (Å²) < 4.78 is 16.3. The zero-order valence-corrected chi connectivity index (χ0v) is 15.5. The van der Waals surface area contributed by atoms with Crippen LogP contribution in [0.5, 0.6) is 0 Å². The second kappa shape index (κ2) is 10.1. The number of rotatable bonds is 8. The van der Waals surface area contributed by atoms with Crippen molar-refractivity contribution in [3.05, 3.63) is 12.2 Å². The predicted octanol–water partition coefficient (Wildman–Crippen LogP) is 3.99. The number of esters is 1. The van der Waals surface area contributed by atoms with E-state index in [1.807, 2.05) is 13.0 Å². The molecule has 1 aliphatic carbocycles. The average molecular weight is 326 g/mol. The molecule has 134 valence electrons. The fourth-order valence-electron chi connectivity index (χ4n) is 3.47. The van der Waals surface area contributed by atoms with Crippen molar-refractivity contribution < 1.29 is 19.0 Å². The Morgan fingerprint density at radius 2 is 1.91 bits per heavy atom. The third-order valence-corrected chi connectivity index (χ3v) is 4.47. The molecule has 23 heavy (non-hydrogen) atoms. The van der Waals surface area contributed by atoms with Crippen molar-refractivity contribution in [2.24, 2.45) is 17.3 Å². The van der Waals surface area contributed by atoms with Gasteiger partial charge in [-0.25, -0.2) is 4.79 Å². The van der Waals surface area contributed by atoms with Crippen molar-refractivity contribution in [2.45, 2.75) is 59.5 Å². The van der Waals surface area contributed by atoms with E-state index in [1.54, 1.807) is 13.2 Å². The van der Waals surface area contributed by atoms with Crippen LogP contribution < -0.4 is 0 Å². The molecule has 0 amide bonds. The first kappa shape index (κ1) is 20.2. The Bertz CT molecular complexity index is 370. The highest BCUT2D eigenvalue weighted by Gasteiger charge is 2.38. The van der Waals surface area contributed by atoms with E-state index in [9.17, 15) is 4.79 Å². The molecule has 0 radical (unpaired) electrons. The second-order valence-corrected chi connectivity index (χ2v) is 7.37. The monoisotopic (exact) mass is 326 g/mol. The Hall–Kier alpha value is -0.870. The summed E-state index contributed by atoms with van der Waals surface area (Å²) in [7, 11) is 1.70. The lowest BCUT2D eigenvalue weighted by Crippen LogP contribution is -2.41.